The second-order valence-corrected chi connectivity index (χ2v) is 4.05. The number of fused-ring (bicyclic) bond motifs is 1. The van der Waals surface area contributed by atoms with Crippen LogP contribution in [0.25, 0.3) is 0 Å². The monoisotopic (exact) mass is 202 g/mol. The van der Waals surface area contributed by atoms with Gasteiger partial charge in [-0.25, -0.2) is 0 Å². The minimum Gasteiger partial charge on any atom is -0.381 e. The average molecular weight is 202 g/mol. The first-order valence-corrected chi connectivity index (χ1v) is 5.53. The lowest BCUT2D eigenvalue weighted by molar-refractivity contribution is 0.563. The van der Waals surface area contributed by atoms with Crippen molar-refractivity contribution in [2.45, 2.75) is 24.8 Å². The smallest absolute Gasteiger partial charge is 0.0378 e. The Hall–Kier alpha value is -1.28. The molecule has 0 saturated heterocycles. The molecule has 0 unspecified atom stereocenters. The van der Waals surface area contributed by atoms with Crippen LogP contribution in [0.3, 0.4) is 0 Å². The highest BCUT2D eigenvalue weighted by atomic mass is 15.0. The van der Waals surface area contributed by atoms with Crippen molar-refractivity contribution in [2.75, 3.05) is 11.9 Å². The van der Waals surface area contributed by atoms with Gasteiger partial charge in [0.25, 0.3) is 0 Å². The fraction of sp³-hybridized carbons (Fsp3) is 0.385. The van der Waals surface area contributed by atoms with E-state index in [1.807, 2.05) is 6.08 Å². The molecule has 0 spiro atoms. The Balaban J connectivity index is 2.24. The van der Waals surface area contributed by atoms with Crippen LogP contribution in [0.4, 0.5) is 5.69 Å². The summed E-state index contributed by atoms with van der Waals surface area (Å²) < 4.78 is 0. The van der Waals surface area contributed by atoms with Gasteiger partial charge in [-0.15, -0.1) is 6.58 Å². The molecule has 0 aliphatic carbocycles. The van der Waals surface area contributed by atoms with Crippen LogP contribution in [0.5, 0.6) is 0 Å². The third-order valence-corrected chi connectivity index (χ3v) is 3.09. The zero-order chi connectivity index (χ0) is 10.7. The van der Waals surface area contributed by atoms with Gasteiger partial charge in [-0.2, -0.15) is 0 Å². The first-order valence-electron chi connectivity index (χ1n) is 5.53. The Morgan fingerprint density at radius 3 is 2.93 bits per heavy atom. The predicted octanol–water partition coefficient (Wildman–Crippen LogP) is 2.49. The molecule has 80 valence electrons. The summed E-state index contributed by atoms with van der Waals surface area (Å²) in [5.41, 5.74) is 8.35. The lowest BCUT2D eigenvalue weighted by Crippen LogP contribution is -2.21. The van der Waals surface area contributed by atoms with Crippen molar-refractivity contribution in [1.29, 1.82) is 0 Å². The maximum absolute atomic E-state index is 5.67. The molecule has 2 nitrogen and oxygen atoms in total. The summed E-state index contributed by atoms with van der Waals surface area (Å²) in [7, 11) is 0. The van der Waals surface area contributed by atoms with Crippen molar-refractivity contribution in [1.82, 2.24) is 0 Å². The van der Waals surface area contributed by atoms with Crippen molar-refractivity contribution in [3.63, 3.8) is 0 Å². The van der Waals surface area contributed by atoms with Gasteiger partial charge in [-0.1, -0.05) is 24.3 Å². The zero-order valence-electron chi connectivity index (χ0n) is 8.95. The van der Waals surface area contributed by atoms with Crippen LogP contribution >= 0.6 is 0 Å². The quantitative estimate of drug-likeness (QED) is 0.736. The fourth-order valence-electron chi connectivity index (χ4n) is 2.41. The summed E-state index contributed by atoms with van der Waals surface area (Å²) in [5, 5.41) is 3.54. The highest BCUT2D eigenvalue weighted by Gasteiger charge is 2.29. The fourth-order valence-corrected chi connectivity index (χ4v) is 2.41. The van der Waals surface area contributed by atoms with Crippen LogP contribution in [0.2, 0.25) is 0 Å². The van der Waals surface area contributed by atoms with Gasteiger partial charge in [0.1, 0.15) is 0 Å². The minimum absolute atomic E-state index is 0.475. The molecule has 3 N–H and O–H groups in total. The van der Waals surface area contributed by atoms with E-state index in [0.717, 1.165) is 19.4 Å². The Labute approximate surface area is 91.2 Å². The van der Waals surface area contributed by atoms with E-state index in [1.165, 1.54) is 11.3 Å². The van der Waals surface area contributed by atoms with Crippen molar-refractivity contribution < 1.29 is 0 Å². The lowest BCUT2D eigenvalue weighted by Gasteiger charge is -2.18. The summed E-state index contributed by atoms with van der Waals surface area (Å²) in [4.78, 5) is 0. The Morgan fingerprint density at radius 2 is 2.20 bits per heavy atom. The third-order valence-electron chi connectivity index (χ3n) is 3.09. The average Bonchev–Trinajstić information content (AvgIpc) is 2.59. The maximum atomic E-state index is 5.67. The Kier molecular flexibility index (Phi) is 3.07. The highest BCUT2D eigenvalue weighted by Crippen LogP contribution is 2.38. The molecular formula is C13H18N2. The van der Waals surface area contributed by atoms with Crippen LogP contribution in [0.1, 0.15) is 24.3 Å². The predicted molar refractivity (Wildman–Crippen MR) is 65.1 cm³/mol. The van der Waals surface area contributed by atoms with Gasteiger partial charge in [-0.3, -0.25) is 0 Å². The largest absolute Gasteiger partial charge is 0.381 e. The van der Waals surface area contributed by atoms with Crippen molar-refractivity contribution in [3.05, 3.63) is 42.5 Å². The lowest BCUT2D eigenvalue weighted by atomic mass is 9.90. The minimum atomic E-state index is 0.475. The van der Waals surface area contributed by atoms with Crippen LogP contribution in [0.15, 0.2) is 36.9 Å². The Morgan fingerprint density at radius 1 is 1.40 bits per heavy atom. The van der Waals surface area contributed by atoms with Gasteiger partial charge >= 0.3 is 0 Å². The van der Waals surface area contributed by atoms with E-state index in [0.29, 0.717) is 12.0 Å². The van der Waals surface area contributed by atoms with E-state index < -0.39 is 0 Å². The van der Waals surface area contributed by atoms with Gasteiger partial charge in [-0.05, 0) is 31.0 Å². The van der Waals surface area contributed by atoms with Crippen LogP contribution in [-0.4, -0.2) is 12.6 Å². The molecule has 2 rings (SSSR count). The molecule has 0 fully saturated rings. The molecule has 1 aliphatic heterocycles. The molecule has 1 aromatic rings. The highest BCUT2D eigenvalue weighted by molar-refractivity contribution is 5.59. The molecule has 0 saturated carbocycles. The molecule has 0 amide bonds. The van der Waals surface area contributed by atoms with E-state index in [9.17, 15) is 0 Å². The van der Waals surface area contributed by atoms with E-state index in [1.54, 1.807) is 0 Å². The summed E-state index contributed by atoms with van der Waals surface area (Å²) in [6.07, 6.45) is 4.02. The molecule has 1 heterocycles. The molecule has 15 heavy (non-hydrogen) atoms. The first kappa shape index (κ1) is 10.2. The normalized spacial score (nSPS) is 23.3. The molecule has 2 heteroatoms. The Bertz CT molecular complexity index is 346. The summed E-state index contributed by atoms with van der Waals surface area (Å²) in [6.45, 7) is 4.55. The van der Waals surface area contributed by atoms with Gasteiger partial charge in [0.15, 0.2) is 0 Å². The first-order chi connectivity index (χ1) is 7.36. The number of nitrogens with two attached hydrogens (primary N) is 1. The van der Waals surface area contributed by atoms with E-state index in [2.05, 4.69) is 36.2 Å². The molecule has 0 radical (unpaired) electrons. The van der Waals surface area contributed by atoms with E-state index >= 15 is 0 Å². The van der Waals surface area contributed by atoms with Gasteiger partial charge in [0.05, 0.1) is 0 Å². The summed E-state index contributed by atoms with van der Waals surface area (Å²) >= 11 is 0. The van der Waals surface area contributed by atoms with E-state index in [4.69, 9.17) is 5.73 Å². The third kappa shape index (κ3) is 1.90. The maximum Gasteiger partial charge on any atom is 0.0378 e. The van der Waals surface area contributed by atoms with Crippen molar-refractivity contribution >= 4 is 5.69 Å². The summed E-state index contributed by atoms with van der Waals surface area (Å²) in [5.74, 6) is 0.546. The standard InChI is InChI=1S/C13H18N2/c1-2-5-12-11(8-9-14)10-6-3-4-7-13(10)15-12/h2-4,6-7,11-12,15H,1,5,8-9,14H2/t11-,12-/m0/s1. The molecule has 1 aliphatic rings. The number of nitrogens with one attached hydrogen (secondary N) is 1. The summed E-state index contributed by atoms with van der Waals surface area (Å²) in [6, 6.07) is 8.98. The molecular weight excluding hydrogens is 184 g/mol. The molecule has 2 atom stereocenters. The number of benzene rings is 1. The number of hydrogen-bond acceptors (Lipinski definition) is 2. The molecule has 0 bridgehead atoms. The number of para-hydroxylation sites is 1. The van der Waals surface area contributed by atoms with Gasteiger partial charge in [0.2, 0.25) is 0 Å². The van der Waals surface area contributed by atoms with Crippen molar-refractivity contribution in [2.24, 2.45) is 5.73 Å². The number of hydrogen-bond donors (Lipinski definition) is 2. The van der Waals surface area contributed by atoms with E-state index in [-0.39, 0.29) is 0 Å². The molecule has 0 aromatic heterocycles. The van der Waals surface area contributed by atoms with Gasteiger partial charge < -0.3 is 11.1 Å². The van der Waals surface area contributed by atoms with Crippen LogP contribution < -0.4 is 11.1 Å². The molecule has 1 aromatic carbocycles. The second-order valence-electron chi connectivity index (χ2n) is 4.05. The van der Waals surface area contributed by atoms with Gasteiger partial charge in [0, 0.05) is 17.6 Å². The van der Waals surface area contributed by atoms with Crippen molar-refractivity contribution in [3.8, 4) is 0 Å². The topological polar surface area (TPSA) is 38.0 Å². The SMILES string of the molecule is C=CC[C@@H]1Nc2ccccc2[C@@H]1CCN. The second kappa shape index (κ2) is 4.49. The number of anilines is 1. The number of rotatable bonds is 4. The zero-order valence-corrected chi connectivity index (χ0v) is 8.95. The van der Waals surface area contributed by atoms with Crippen LogP contribution in [-0.2, 0) is 0 Å². The van der Waals surface area contributed by atoms with Crippen LogP contribution in [0, 0.1) is 0 Å².